The van der Waals surface area contributed by atoms with Crippen LogP contribution in [0.15, 0.2) is 59.5 Å². The summed E-state index contributed by atoms with van der Waals surface area (Å²) in [7, 11) is 0. The Bertz CT molecular complexity index is 854. The molecule has 3 rings (SSSR count). The first-order valence-electron chi connectivity index (χ1n) is 7.61. The monoisotopic (exact) mass is 350 g/mol. The maximum absolute atomic E-state index is 12.4. The van der Waals surface area contributed by atoms with Crippen molar-refractivity contribution in [3.8, 4) is 11.8 Å². The number of rotatable bonds is 5. The summed E-state index contributed by atoms with van der Waals surface area (Å²) in [6, 6.07) is 18.1. The molecule has 6 heteroatoms. The number of amides is 2. The van der Waals surface area contributed by atoms with Crippen molar-refractivity contribution in [1.29, 1.82) is 5.26 Å². The molecule has 0 radical (unpaired) electrons. The van der Waals surface area contributed by atoms with Gasteiger partial charge >= 0.3 is 0 Å². The zero-order valence-corrected chi connectivity index (χ0v) is 14.0. The Balaban J connectivity index is 1.63. The third-order valence-corrected chi connectivity index (χ3v) is 4.45. The van der Waals surface area contributed by atoms with Crippen molar-refractivity contribution in [2.24, 2.45) is 0 Å². The maximum atomic E-state index is 12.4. The maximum Gasteiger partial charge on any atom is 0.293 e. The minimum absolute atomic E-state index is 0.199. The lowest BCUT2D eigenvalue weighted by Gasteiger charge is -2.13. The van der Waals surface area contributed by atoms with E-state index < -0.39 is 0 Å². The summed E-state index contributed by atoms with van der Waals surface area (Å²) in [5.41, 5.74) is 1.31. The summed E-state index contributed by atoms with van der Waals surface area (Å²) in [6.45, 7) is 0.441. The molecule has 5 nitrogen and oxygen atoms in total. The highest BCUT2D eigenvalue weighted by molar-refractivity contribution is 8.18. The minimum atomic E-state index is -0.323. The Kier molecular flexibility index (Phi) is 5.17. The summed E-state index contributed by atoms with van der Waals surface area (Å²) in [5.74, 6) is 0.374. The number of carbonyl (C=O) groups excluding carboxylic acids is 2. The summed E-state index contributed by atoms with van der Waals surface area (Å²) >= 11 is 0.911. The predicted octanol–water partition coefficient (Wildman–Crippen LogP) is 3.67. The van der Waals surface area contributed by atoms with Gasteiger partial charge in [0, 0.05) is 0 Å². The van der Waals surface area contributed by atoms with E-state index in [1.54, 1.807) is 30.3 Å². The van der Waals surface area contributed by atoms with Gasteiger partial charge in [-0.3, -0.25) is 14.5 Å². The molecular weight excluding hydrogens is 336 g/mol. The number of para-hydroxylation sites is 1. The van der Waals surface area contributed by atoms with E-state index in [2.05, 4.69) is 0 Å². The Hall–Kier alpha value is -3.04. The van der Waals surface area contributed by atoms with Gasteiger partial charge in [0.25, 0.3) is 11.1 Å². The van der Waals surface area contributed by atoms with E-state index >= 15 is 0 Å². The molecule has 1 aliphatic heterocycles. The summed E-state index contributed by atoms with van der Waals surface area (Å²) < 4.78 is 5.54. The molecule has 0 N–H and O–H groups in total. The molecular formula is C19H14N2O3S. The first kappa shape index (κ1) is 16.8. The fourth-order valence-electron chi connectivity index (χ4n) is 2.27. The number of nitriles is 1. The van der Waals surface area contributed by atoms with Crippen LogP contribution in [0.4, 0.5) is 4.79 Å². The molecule has 0 atom stereocenters. The number of hydrogen-bond donors (Lipinski definition) is 0. The predicted molar refractivity (Wildman–Crippen MR) is 95.8 cm³/mol. The zero-order valence-electron chi connectivity index (χ0n) is 13.2. The number of hydrogen-bond acceptors (Lipinski definition) is 5. The molecule has 0 unspecified atom stereocenters. The Morgan fingerprint density at radius 1 is 1.08 bits per heavy atom. The lowest BCUT2D eigenvalue weighted by molar-refractivity contribution is -0.123. The molecule has 0 spiro atoms. The van der Waals surface area contributed by atoms with E-state index in [-0.39, 0.29) is 24.3 Å². The van der Waals surface area contributed by atoms with E-state index in [0.29, 0.717) is 16.2 Å². The molecule has 0 aliphatic carbocycles. The van der Waals surface area contributed by atoms with Gasteiger partial charge in [0.05, 0.1) is 23.1 Å². The lowest BCUT2D eigenvalue weighted by Crippen LogP contribution is -2.32. The summed E-state index contributed by atoms with van der Waals surface area (Å²) in [6.07, 6.45) is 1.66. The number of imide groups is 1. The van der Waals surface area contributed by atoms with Crippen molar-refractivity contribution in [3.05, 3.63) is 70.6 Å². The van der Waals surface area contributed by atoms with Crippen LogP contribution >= 0.6 is 11.8 Å². The molecule has 124 valence electrons. The van der Waals surface area contributed by atoms with Crippen LogP contribution in [-0.2, 0) is 4.79 Å². The molecule has 1 heterocycles. The van der Waals surface area contributed by atoms with Crippen LogP contribution in [0, 0.1) is 11.3 Å². The van der Waals surface area contributed by atoms with Gasteiger partial charge < -0.3 is 4.74 Å². The fraction of sp³-hybridized carbons (Fsp3) is 0.105. The summed E-state index contributed by atoms with van der Waals surface area (Å²) in [5, 5.41) is 8.50. The highest BCUT2D eigenvalue weighted by atomic mass is 32.2. The number of ether oxygens (including phenoxy) is 1. The topological polar surface area (TPSA) is 70.4 Å². The number of thioether (sulfide) groups is 1. The van der Waals surface area contributed by atoms with Crippen molar-refractivity contribution < 1.29 is 14.3 Å². The van der Waals surface area contributed by atoms with Crippen molar-refractivity contribution in [2.45, 2.75) is 0 Å². The average Bonchev–Trinajstić information content (AvgIpc) is 2.90. The van der Waals surface area contributed by atoms with E-state index in [1.807, 2.05) is 36.4 Å². The van der Waals surface area contributed by atoms with E-state index in [1.165, 1.54) is 4.90 Å². The quantitative estimate of drug-likeness (QED) is 0.770. The van der Waals surface area contributed by atoms with Crippen molar-refractivity contribution in [2.75, 3.05) is 13.2 Å². The van der Waals surface area contributed by atoms with Gasteiger partial charge in [0.2, 0.25) is 0 Å². The van der Waals surface area contributed by atoms with Gasteiger partial charge in [0.1, 0.15) is 12.4 Å². The van der Waals surface area contributed by atoms with E-state index in [4.69, 9.17) is 10.00 Å². The molecule has 2 aromatic rings. The van der Waals surface area contributed by atoms with Gasteiger partial charge in [-0.1, -0.05) is 30.3 Å². The van der Waals surface area contributed by atoms with Crippen LogP contribution in [0.25, 0.3) is 6.08 Å². The van der Waals surface area contributed by atoms with Crippen LogP contribution < -0.4 is 4.74 Å². The third-order valence-electron chi connectivity index (χ3n) is 3.54. The number of benzene rings is 2. The van der Waals surface area contributed by atoms with Gasteiger partial charge in [-0.05, 0) is 47.7 Å². The van der Waals surface area contributed by atoms with Crippen LogP contribution in [0.1, 0.15) is 11.1 Å². The third kappa shape index (κ3) is 4.08. The normalized spacial score (nSPS) is 15.5. The smallest absolute Gasteiger partial charge is 0.293 e. The Labute approximate surface area is 149 Å². The van der Waals surface area contributed by atoms with Crippen LogP contribution in [0.2, 0.25) is 0 Å². The molecule has 1 aliphatic rings. The van der Waals surface area contributed by atoms with Crippen molar-refractivity contribution in [1.82, 2.24) is 4.90 Å². The van der Waals surface area contributed by atoms with E-state index in [0.717, 1.165) is 17.3 Å². The SMILES string of the molecule is N#Cc1ccc(/C=C2\SC(=O)N(CCOc3ccccc3)C2=O)cc1. The number of nitrogens with zero attached hydrogens (tertiary/aromatic N) is 2. The Morgan fingerprint density at radius 2 is 1.80 bits per heavy atom. The lowest BCUT2D eigenvalue weighted by atomic mass is 10.1. The Morgan fingerprint density at radius 3 is 2.48 bits per heavy atom. The number of carbonyl (C=O) groups is 2. The van der Waals surface area contributed by atoms with Gasteiger partial charge in [-0.2, -0.15) is 5.26 Å². The minimum Gasteiger partial charge on any atom is -0.492 e. The molecule has 1 saturated heterocycles. The first-order chi connectivity index (χ1) is 12.2. The molecule has 25 heavy (non-hydrogen) atoms. The second-order valence-electron chi connectivity index (χ2n) is 5.23. The largest absolute Gasteiger partial charge is 0.492 e. The molecule has 2 aromatic carbocycles. The highest BCUT2D eigenvalue weighted by Crippen LogP contribution is 2.32. The van der Waals surface area contributed by atoms with Crippen molar-refractivity contribution >= 4 is 29.0 Å². The molecule has 0 aromatic heterocycles. The van der Waals surface area contributed by atoms with Crippen LogP contribution in [0.5, 0.6) is 5.75 Å². The second-order valence-corrected chi connectivity index (χ2v) is 6.22. The average molecular weight is 350 g/mol. The highest BCUT2D eigenvalue weighted by Gasteiger charge is 2.34. The molecule has 0 saturated carbocycles. The van der Waals surface area contributed by atoms with E-state index in [9.17, 15) is 9.59 Å². The van der Waals surface area contributed by atoms with Gasteiger partial charge in [-0.25, -0.2) is 0 Å². The van der Waals surface area contributed by atoms with Crippen LogP contribution in [0.3, 0.4) is 0 Å². The molecule has 1 fully saturated rings. The second kappa shape index (κ2) is 7.69. The first-order valence-corrected chi connectivity index (χ1v) is 8.42. The van der Waals surface area contributed by atoms with Gasteiger partial charge in [-0.15, -0.1) is 0 Å². The fourth-order valence-corrected chi connectivity index (χ4v) is 3.13. The summed E-state index contributed by atoms with van der Waals surface area (Å²) in [4.78, 5) is 26.0. The van der Waals surface area contributed by atoms with Gasteiger partial charge in [0.15, 0.2) is 0 Å². The molecule has 0 bridgehead atoms. The zero-order chi connectivity index (χ0) is 17.6. The standard InChI is InChI=1S/C19H14N2O3S/c20-13-15-8-6-14(7-9-15)12-17-18(22)21(19(23)25-17)10-11-24-16-4-2-1-3-5-16/h1-9,12H,10-11H2/b17-12-. The molecule has 2 amide bonds. The van der Waals surface area contributed by atoms with Crippen LogP contribution in [-0.4, -0.2) is 29.2 Å². The van der Waals surface area contributed by atoms with Crippen molar-refractivity contribution in [3.63, 3.8) is 0 Å².